The van der Waals surface area contributed by atoms with Gasteiger partial charge < -0.3 is 14.7 Å². The Morgan fingerprint density at radius 2 is 1.60 bits per heavy atom. The molecule has 2 aromatic carbocycles. The Morgan fingerprint density at radius 3 is 2.17 bits per heavy atom. The minimum Gasteiger partial charge on any atom is -0.508 e. The van der Waals surface area contributed by atoms with Gasteiger partial charge in [0, 0.05) is 13.1 Å². The van der Waals surface area contributed by atoms with E-state index in [2.05, 4.69) is 0 Å². The Hall–Kier alpha value is -3.68. The van der Waals surface area contributed by atoms with Gasteiger partial charge in [-0.2, -0.15) is 0 Å². The highest BCUT2D eigenvalue weighted by Crippen LogP contribution is 2.30. The van der Waals surface area contributed by atoms with E-state index < -0.39 is 23.6 Å². The molecule has 0 unspecified atom stereocenters. The summed E-state index contributed by atoms with van der Waals surface area (Å²) >= 11 is 0. The van der Waals surface area contributed by atoms with Crippen molar-refractivity contribution in [2.24, 2.45) is 0 Å². The first-order valence-electron chi connectivity index (χ1n) is 9.47. The number of rotatable bonds is 7. The highest BCUT2D eigenvalue weighted by atomic mass is 19.1. The first-order valence-corrected chi connectivity index (χ1v) is 9.47. The molecule has 2 aromatic rings. The summed E-state index contributed by atoms with van der Waals surface area (Å²) in [5, 5.41) is 9.35. The van der Waals surface area contributed by atoms with Crippen LogP contribution < -0.4 is 4.90 Å². The molecule has 8 heteroatoms. The smallest absolute Gasteiger partial charge is 0.315 e. The lowest BCUT2D eigenvalue weighted by Crippen LogP contribution is -2.35. The summed E-state index contributed by atoms with van der Waals surface area (Å²) in [6, 6.07) is 10.9. The molecule has 0 aromatic heterocycles. The van der Waals surface area contributed by atoms with Crippen LogP contribution in [0.3, 0.4) is 0 Å². The minimum absolute atomic E-state index is 0.00613. The third kappa shape index (κ3) is 4.17. The van der Waals surface area contributed by atoms with E-state index in [9.17, 15) is 23.9 Å². The largest absolute Gasteiger partial charge is 0.508 e. The number of esters is 1. The molecule has 1 N–H and O–H groups in total. The molecule has 0 saturated heterocycles. The Labute approximate surface area is 173 Å². The summed E-state index contributed by atoms with van der Waals surface area (Å²) in [6.45, 7) is 4.46. The van der Waals surface area contributed by atoms with E-state index >= 15 is 0 Å². The number of imide groups is 1. The molecular formula is C22H21FN2O5. The second kappa shape index (κ2) is 8.77. The van der Waals surface area contributed by atoms with Crippen molar-refractivity contribution in [2.45, 2.75) is 20.3 Å². The van der Waals surface area contributed by atoms with E-state index in [1.807, 2.05) is 13.8 Å². The van der Waals surface area contributed by atoms with Crippen LogP contribution in [-0.2, 0) is 25.5 Å². The third-order valence-corrected chi connectivity index (χ3v) is 4.68. The molecule has 30 heavy (non-hydrogen) atoms. The van der Waals surface area contributed by atoms with Gasteiger partial charge in [0.05, 0.1) is 12.1 Å². The topological polar surface area (TPSA) is 87.2 Å². The summed E-state index contributed by atoms with van der Waals surface area (Å²) in [4.78, 5) is 41.0. The van der Waals surface area contributed by atoms with Crippen LogP contribution in [0.15, 0.2) is 60.0 Å². The van der Waals surface area contributed by atoms with Crippen LogP contribution in [0.25, 0.3) is 0 Å². The molecule has 3 rings (SSSR count). The van der Waals surface area contributed by atoms with Crippen LogP contribution in [0.4, 0.5) is 10.1 Å². The number of phenols is 1. The lowest BCUT2D eigenvalue weighted by atomic mass is 10.1. The van der Waals surface area contributed by atoms with Gasteiger partial charge in [0.25, 0.3) is 5.91 Å². The summed E-state index contributed by atoms with van der Waals surface area (Å²) in [6.07, 6.45) is -0.146. The Balaban J connectivity index is 1.91. The van der Waals surface area contributed by atoms with Gasteiger partial charge in [-0.05, 0) is 55.8 Å². The number of hydrogen-bond donors (Lipinski definition) is 1. The van der Waals surface area contributed by atoms with Crippen molar-refractivity contribution in [3.05, 3.63) is 71.4 Å². The zero-order valence-corrected chi connectivity index (χ0v) is 16.6. The fourth-order valence-electron chi connectivity index (χ4n) is 3.16. The highest BCUT2D eigenvalue weighted by Gasteiger charge is 2.44. The first kappa shape index (κ1) is 21.0. The fraction of sp³-hybridized carbons (Fsp3) is 0.227. The Morgan fingerprint density at radius 1 is 1.00 bits per heavy atom. The maximum Gasteiger partial charge on any atom is 0.315 e. The van der Waals surface area contributed by atoms with E-state index in [0.29, 0.717) is 18.7 Å². The molecule has 0 radical (unpaired) electrons. The molecule has 0 saturated carbocycles. The van der Waals surface area contributed by atoms with Crippen LogP contribution in [-0.4, -0.2) is 40.9 Å². The summed E-state index contributed by atoms with van der Waals surface area (Å²) in [5.41, 5.74) is 0.754. The van der Waals surface area contributed by atoms with E-state index in [1.165, 1.54) is 24.3 Å². The van der Waals surface area contributed by atoms with Crippen molar-refractivity contribution in [2.75, 3.05) is 18.0 Å². The van der Waals surface area contributed by atoms with Gasteiger partial charge in [0.1, 0.15) is 11.6 Å². The number of hydrogen-bond acceptors (Lipinski definition) is 6. The fourth-order valence-corrected chi connectivity index (χ4v) is 3.16. The maximum atomic E-state index is 13.3. The van der Waals surface area contributed by atoms with E-state index in [1.54, 1.807) is 17.0 Å². The predicted octanol–water partition coefficient (Wildman–Crippen LogP) is 2.74. The average Bonchev–Trinajstić information content (AvgIpc) is 2.96. The standard InChI is InChI=1S/C22H21FN2O5/c1-3-24(4-2)19-20(30-18(27)13-14-5-11-17(26)12-6-14)22(29)25(21(19)28)16-9-7-15(23)8-10-16/h5-12,26H,3-4,13H2,1-2H3. The van der Waals surface area contributed by atoms with Crippen molar-refractivity contribution in [3.8, 4) is 5.75 Å². The van der Waals surface area contributed by atoms with Crippen molar-refractivity contribution in [1.82, 2.24) is 4.90 Å². The number of benzene rings is 2. The second-order valence-electron chi connectivity index (χ2n) is 6.59. The van der Waals surface area contributed by atoms with E-state index in [4.69, 9.17) is 4.74 Å². The normalized spacial score (nSPS) is 13.8. The number of nitrogens with zero attached hydrogens (tertiary/aromatic N) is 2. The molecule has 0 aliphatic carbocycles. The lowest BCUT2D eigenvalue weighted by Gasteiger charge is -2.22. The Bertz CT molecular complexity index is 995. The van der Waals surface area contributed by atoms with Crippen molar-refractivity contribution < 1.29 is 28.6 Å². The lowest BCUT2D eigenvalue weighted by molar-refractivity contribution is -0.141. The van der Waals surface area contributed by atoms with Crippen LogP contribution in [0, 0.1) is 5.82 Å². The van der Waals surface area contributed by atoms with Gasteiger partial charge in [0.2, 0.25) is 5.76 Å². The summed E-state index contributed by atoms with van der Waals surface area (Å²) in [7, 11) is 0. The number of likely N-dealkylation sites (N-methyl/N-ethyl adjacent to an activating group) is 1. The number of amides is 2. The molecule has 1 aliphatic rings. The molecule has 1 heterocycles. The van der Waals surface area contributed by atoms with Crippen LogP contribution in [0.2, 0.25) is 0 Å². The number of anilines is 1. The van der Waals surface area contributed by atoms with Crippen molar-refractivity contribution in [1.29, 1.82) is 0 Å². The SMILES string of the molecule is CCN(CC)C1=C(OC(=O)Cc2ccc(O)cc2)C(=O)N(c2ccc(F)cc2)C1=O. The molecule has 0 bridgehead atoms. The molecular weight excluding hydrogens is 391 g/mol. The summed E-state index contributed by atoms with van der Waals surface area (Å²) < 4.78 is 18.6. The first-order chi connectivity index (χ1) is 14.3. The predicted molar refractivity (Wildman–Crippen MR) is 107 cm³/mol. The van der Waals surface area contributed by atoms with Gasteiger partial charge >= 0.3 is 11.9 Å². The molecule has 7 nitrogen and oxygen atoms in total. The molecule has 0 fully saturated rings. The van der Waals surface area contributed by atoms with Gasteiger partial charge in [-0.25, -0.2) is 9.29 Å². The number of aromatic hydroxyl groups is 1. The third-order valence-electron chi connectivity index (χ3n) is 4.68. The minimum atomic E-state index is -0.785. The summed E-state index contributed by atoms with van der Waals surface area (Å²) in [5.74, 6) is -2.94. The highest BCUT2D eigenvalue weighted by molar-refractivity contribution is 6.32. The molecule has 0 atom stereocenters. The zero-order chi connectivity index (χ0) is 21.8. The van der Waals surface area contributed by atoms with Gasteiger partial charge in [0.15, 0.2) is 5.70 Å². The average molecular weight is 412 g/mol. The van der Waals surface area contributed by atoms with Gasteiger partial charge in [-0.1, -0.05) is 12.1 Å². The van der Waals surface area contributed by atoms with Crippen LogP contribution >= 0.6 is 0 Å². The molecule has 1 aliphatic heterocycles. The molecule has 0 spiro atoms. The number of phenolic OH excluding ortho intramolecular Hbond substituents is 1. The van der Waals surface area contributed by atoms with Gasteiger partial charge in [-0.3, -0.25) is 14.4 Å². The molecule has 2 amide bonds. The van der Waals surface area contributed by atoms with Crippen molar-refractivity contribution >= 4 is 23.5 Å². The number of carbonyl (C=O) groups excluding carboxylic acids is 3. The monoisotopic (exact) mass is 412 g/mol. The van der Waals surface area contributed by atoms with E-state index in [-0.39, 0.29) is 29.3 Å². The number of halogens is 1. The second-order valence-corrected chi connectivity index (χ2v) is 6.59. The van der Waals surface area contributed by atoms with Crippen LogP contribution in [0.1, 0.15) is 19.4 Å². The molecule has 156 valence electrons. The van der Waals surface area contributed by atoms with Crippen molar-refractivity contribution in [3.63, 3.8) is 0 Å². The van der Waals surface area contributed by atoms with Crippen LogP contribution in [0.5, 0.6) is 5.75 Å². The van der Waals surface area contributed by atoms with Gasteiger partial charge in [-0.15, -0.1) is 0 Å². The maximum absolute atomic E-state index is 13.3. The van der Waals surface area contributed by atoms with E-state index in [0.717, 1.165) is 17.0 Å². The number of carbonyl (C=O) groups is 3. The number of ether oxygens (including phenoxy) is 1. The Kier molecular flexibility index (Phi) is 6.15. The zero-order valence-electron chi connectivity index (χ0n) is 16.6. The quantitative estimate of drug-likeness (QED) is 0.556.